The number of hydrogen-bond acceptors (Lipinski definition) is 4. The quantitative estimate of drug-likeness (QED) is 0.804. The zero-order valence-corrected chi connectivity index (χ0v) is 13.6. The summed E-state index contributed by atoms with van der Waals surface area (Å²) < 4.78 is 3.98. The molecule has 3 rings (SSSR count). The second kappa shape index (κ2) is 7.07. The number of aryl methyl sites for hydroxylation is 1. The van der Waals surface area contributed by atoms with Crippen molar-refractivity contribution in [1.82, 2.24) is 29.4 Å². The van der Waals surface area contributed by atoms with Gasteiger partial charge < -0.3 is 4.90 Å². The minimum absolute atomic E-state index is 0.677. The summed E-state index contributed by atoms with van der Waals surface area (Å²) in [5.41, 5.74) is 1.28. The van der Waals surface area contributed by atoms with E-state index >= 15 is 0 Å². The Kier molecular flexibility index (Phi) is 4.90. The smallest absolute Gasteiger partial charge is 0.0536 e. The lowest BCUT2D eigenvalue weighted by molar-refractivity contribution is 0.118. The maximum atomic E-state index is 4.27. The van der Waals surface area contributed by atoms with E-state index in [0.717, 1.165) is 19.6 Å². The number of rotatable bonds is 6. The van der Waals surface area contributed by atoms with Crippen LogP contribution >= 0.6 is 0 Å². The molecule has 0 spiro atoms. The van der Waals surface area contributed by atoms with Gasteiger partial charge in [0.05, 0.1) is 12.2 Å². The molecule has 120 valence electrons. The fraction of sp³-hybridized carbons (Fsp3) is 0.625. The van der Waals surface area contributed by atoms with Crippen molar-refractivity contribution in [1.29, 1.82) is 0 Å². The lowest BCUT2D eigenvalue weighted by atomic mass is 10.0. The highest BCUT2D eigenvalue weighted by atomic mass is 15.3. The fourth-order valence-corrected chi connectivity index (χ4v) is 3.20. The molecule has 2 aromatic rings. The van der Waals surface area contributed by atoms with E-state index in [0.29, 0.717) is 6.04 Å². The lowest BCUT2D eigenvalue weighted by Crippen LogP contribution is -2.44. The lowest BCUT2D eigenvalue weighted by Gasteiger charge is -2.36. The second-order valence-corrected chi connectivity index (χ2v) is 6.20. The molecule has 0 bridgehead atoms. The summed E-state index contributed by atoms with van der Waals surface area (Å²) in [5.74, 6) is 0. The topological polar surface area (TPSA) is 42.1 Å². The van der Waals surface area contributed by atoms with E-state index in [1.807, 2.05) is 41.1 Å². The van der Waals surface area contributed by atoms with E-state index in [1.165, 1.54) is 31.6 Å². The van der Waals surface area contributed by atoms with E-state index in [2.05, 4.69) is 33.1 Å². The van der Waals surface area contributed by atoms with E-state index < -0.39 is 0 Å². The summed E-state index contributed by atoms with van der Waals surface area (Å²) in [7, 11) is 4.25. The molecule has 1 aliphatic rings. The Morgan fingerprint density at radius 2 is 2.00 bits per heavy atom. The van der Waals surface area contributed by atoms with Gasteiger partial charge in [-0.25, -0.2) is 0 Å². The van der Waals surface area contributed by atoms with Gasteiger partial charge in [-0.1, -0.05) is 0 Å². The van der Waals surface area contributed by atoms with Crippen molar-refractivity contribution in [2.24, 2.45) is 7.05 Å². The van der Waals surface area contributed by atoms with Crippen LogP contribution in [0.5, 0.6) is 0 Å². The van der Waals surface area contributed by atoms with Crippen LogP contribution in [-0.4, -0.2) is 62.1 Å². The van der Waals surface area contributed by atoms with Gasteiger partial charge in [0.2, 0.25) is 0 Å². The molecule has 0 aromatic carbocycles. The molecule has 22 heavy (non-hydrogen) atoms. The highest BCUT2D eigenvalue weighted by molar-refractivity contribution is 5.00. The van der Waals surface area contributed by atoms with Gasteiger partial charge in [-0.05, 0) is 45.1 Å². The van der Waals surface area contributed by atoms with Crippen LogP contribution in [0.25, 0.3) is 0 Å². The highest BCUT2D eigenvalue weighted by Crippen LogP contribution is 2.17. The van der Waals surface area contributed by atoms with Gasteiger partial charge in [0.1, 0.15) is 0 Å². The van der Waals surface area contributed by atoms with Crippen molar-refractivity contribution in [2.75, 3.05) is 26.7 Å². The standard InChI is InChI=1S/C16H26N6/c1-19(14-16-4-8-17-20(16)2)15-5-10-21(11-6-15)12-13-22-9-3-7-18-22/h3-4,7-9,15H,5-6,10-14H2,1-2H3. The molecular formula is C16H26N6. The van der Waals surface area contributed by atoms with Crippen molar-refractivity contribution in [2.45, 2.75) is 32.0 Å². The average Bonchev–Trinajstić information content (AvgIpc) is 3.18. The minimum Gasteiger partial charge on any atom is -0.301 e. The maximum Gasteiger partial charge on any atom is 0.0536 e. The van der Waals surface area contributed by atoms with Crippen molar-refractivity contribution < 1.29 is 0 Å². The summed E-state index contributed by atoms with van der Waals surface area (Å²) in [6.45, 7) is 5.43. The molecule has 0 atom stereocenters. The van der Waals surface area contributed by atoms with Gasteiger partial charge >= 0.3 is 0 Å². The Labute approximate surface area is 132 Å². The third-order valence-electron chi connectivity index (χ3n) is 4.72. The van der Waals surface area contributed by atoms with Gasteiger partial charge in [-0.3, -0.25) is 14.3 Å². The maximum absolute atomic E-state index is 4.27. The molecule has 1 fully saturated rings. The summed E-state index contributed by atoms with van der Waals surface area (Å²) >= 11 is 0. The third kappa shape index (κ3) is 3.75. The van der Waals surface area contributed by atoms with Crippen LogP contribution in [0.1, 0.15) is 18.5 Å². The zero-order chi connectivity index (χ0) is 15.4. The van der Waals surface area contributed by atoms with Gasteiger partial charge in [0.15, 0.2) is 0 Å². The number of likely N-dealkylation sites (tertiary alicyclic amines) is 1. The summed E-state index contributed by atoms with van der Waals surface area (Å²) in [6.07, 6.45) is 8.25. The number of hydrogen-bond donors (Lipinski definition) is 0. The average molecular weight is 302 g/mol. The van der Waals surface area contributed by atoms with E-state index in [-0.39, 0.29) is 0 Å². The van der Waals surface area contributed by atoms with Crippen LogP contribution in [0.3, 0.4) is 0 Å². The molecule has 0 amide bonds. The molecule has 3 heterocycles. The molecule has 0 saturated carbocycles. The SMILES string of the molecule is CN(Cc1ccnn1C)C1CCN(CCn2cccn2)CC1. The monoisotopic (exact) mass is 302 g/mol. The number of piperidine rings is 1. The fourth-order valence-electron chi connectivity index (χ4n) is 3.20. The van der Waals surface area contributed by atoms with Crippen LogP contribution in [0.15, 0.2) is 30.7 Å². The number of aromatic nitrogens is 4. The third-order valence-corrected chi connectivity index (χ3v) is 4.72. The number of nitrogens with zero attached hydrogens (tertiary/aromatic N) is 6. The first-order valence-corrected chi connectivity index (χ1v) is 8.09. The second-order valence-electron chi connectivity index (χ2n) is 6.20. The minimum atomic E-state index is 0.677. The summed E-state index contributed by atoms with van der Waals surface area (Å²) in [4.78, 5) is 5.03. The highest BCUT2D eigenvalue weighted by Gasteiger charge is 2.22. The van der Waals surface area contributed by atoms with Crippen LogP contribution in [0.2, 0.25) is 0 Å². The molecular weight excluding hydrogens is 276 g/mol. The molecule has 1 aliphatic heterocycles. The predicted octanol–water partition coefficient (Wildman–Crippen LogP) is 1.21. The Balaban J connectivity index is 1.42. The predicted molar refractivity (Wildman–Crippen MR) is 86.4 cm³/mol. The van der Waals surface area contributed by atoms with Crippen LogP contribution in [0.4, 0.5) is 0 Å². The Morgan fingerprint density at radius 1 is 1.18 bits per heavy atom. The molecule has 2 aromatic heterocycles. The Hall–Kier alpha value is -1.66. The van der Waals surface area contributed by atoms with E-state index in [4.69, 9.17) is 0 Å². The van der Waals surface area contributed by atoms with E-state index in [1.54, 1.807) is 0 Å². The van der Waals surface area contributed by atoms with E-state index in [9.17, 15) is 0 Å². The first-order valence-electron chi connectivity index (χ1n) is 8.09. The Morgan fingerprint density at radius 3 is 2.64 bits per heavy atom. The first-order chi connectivity index (χ1) is 10.7. The molecule has 1 saturated heterocycles. The first kappa shape index (κ1) is 15.2. The van der Waals surface area contributed by atoms with Crippen LogP contribution in [0, 0.1) is 0 Å². The van der Waals surface area contributed by atoms with Crippen LogP contribution < -0.4 is 0 Å². The van der Waals surface area contributed by atoms with Gasteiger partial charge in [-0.2, -0.15) is 10.2 Å². The summed E-state index contributed by atoms with van der Waals surface area (Å²) in [6, 6.07) is 4.77. The molecule has 0 N–H and O–H groups in total. The van der Waals surface area contributed by atoms with Gasteiger partial charge in [0, 0.05) is 44.8 Å². The van der Waals surface area contributed by atoms with Crippen molar-refractivity contribution >= 4 is 0 Å². The summed E-state index contributed by atoms with van der Waals surface area (Å²) in [5, 5.41) is 8.52. The van der Waals surface area contributed by atoms with Gasteiger partial charge in [0.25, 0.3) is 0 Å². The molecule has 0 radical (unpaired) electrons. The van der Waals surface area contributed by atoms with Crippen LogP contribution in [-0.2, 0) is 20.1 Å². The molecule has 0 aliphatic carbocycles. The molecule has 6 nitrogen and oxygen atoms in total. The van der Waals surface area contributed by atoms with Crippen molar-refractivity contribution in [3.8, 4) is 0 Å². The molecule has 6 heteroatoms. The zero-order valence-electron chi connectivity index (χ0n) is 13.6. The molecule has 0 unspecified atom stereocenters. The largest absolute Gasteiger partial charge is 0.301 e. The van der Waals surface area contributed by atoms with Crippen molar-refractivity contribution in [3.63, 3.8) is 0 Å². The normalized spacial score (nSPS) is 17.4. The van der Waals surface area contributed by atoms with Crippen molar-refractivity contribution in [3.05, 3.63) is 36.4 Å². The Bertz CT molecular complexity index is 553. The van der Waals surface area contributed by atoms with Gasteiger partial charge in [-0.15, -0.1) is 0 Å².